The van der Waals surface area contributed by atoms with Crippen molar-refractivity contribution < 1.29 is 9.59 Å². The van der Waals surface area contributed by atoms with Gasteiger partial charge in [0.2, 0.25) is 11.8 Å². The second-order valence-electron chi connectivity index (χ2n) is 7.75. The van der Waals surface area contributed by atoms with Crippen molar-refractivity contribution in [1.82, 2.24) is 20.2 Å². The molecule has 1 aliphatic carbocycles. The zero-order chi connectivity index (χ0) is 19.7. The van der Waals surface area contributed by atoms with Crippen LogP contribution in [0.1, 0.15) is 39.2 Å². The highest BCUT2D eigenvalue weighted by atomic mass is 16.2. The van der Waals surface area contributed by atoms with Crippen molar-refractivity contribution in [3.05, 3.63) is 32.6 Å². The van der Waals surface area contributed by atoms with E-state index in [4.69, 9.17) is 0 Å². The number of carbonyl (C=O) groups is 2. The molecule has 1 heterocycles. The quantitative estimate of drug-likeness (QED) is 0.678. The highest BCUT2D eigenvalue weighted by molar-refractivity contribution is 5.87. The minimum atomic E-state index is -0.667. The molecule has 144 valence electrons. The third-order valence-corrected chi connectivity index (χ3v) is 6.22. The van der Waals surface area contributed by atoms with Crippen LogP contribution in [0.5, 0.6) is 0 Å². The topological polar surface area (TPSA) is 113 Å². The van der Waals surface area contributed by atoms with Crippen molar-refractivity contribution in [1.29, 1.82) is 0 Å². The maximum absolute atomic E-state index is 12.9. The molecule has 1 aromatic rings. The summed E-state index contributed by atoms with van der Waals surface area (Å²) in [7, 11) is 3.02. The van der Waals surface area contributed by atoms with Gasteiger partial charge in [0.1, 0.15) is 0 Å². The third-order valence-electron chi connectivity index (χ3n) is 6.22. The second kappa shape index (κ2) is 7.09. The van der Waals surface area contributed by atoms with Crippen molar-refractivity contribution in [3.8, 4) is 0 Å². The lowest BCUT2D eigenvalue weighted by molar-refractivity contribution is -0.138. The van der Waals surface area contributed by atoms with Crippen LogP contribution in [-0.2, 0) is 23.1 Å². The van der Waals surface area contributed by atoms with Gasteiger partial charge >= 0.3 is 5.69 Å². The van der Waals surface area contributed by atoms with Crippen LogP contribution in [0.4, 0.5) is 0 Å². The van der Waals surface area contributed by atoms with Gasteiger partial charge in [-0.1, -0.05) is 20.8 Å². The van der Waals surface area contributed by atoms with Gasteiger partial charge in [-0.25, -0.2) is 4.79 Å². The molecule has 1 saturated carbocycles. The largest absolute Gasteiger partial charge is 0.359 e. The molecule has 3 N–H and O–H groups in total. The number of amides is 2. The number of H-pyrrole nitrogens is 1. The van der Waals surface area contributed by atoms with E-state index in [1.165, 1.54) is 13.2 Å². The molecule has 1 aliphatic rings. The summed E-state index contributed by atoms with van der Waals surface area (Å²) in [5, 5.41) is 5.58. The summed E-state index contributed by atoms with van der Waals surface area (Å²) in [6.45, 7) is 6.09. The lowest BCUT2D eigenvalue weighted by Crippen LogP contribution is -2.49. The zero-order valence-corrected chi connectivity index (χ0v) is 16.1. The van der Waals surface area contributed by atoms with E-state index >= 15 is 0 Å². The van der Waals surface area contributed by atoms with Crippen LogP contribution in [0, 0.1) is 16.7 Å². The number of aromatic nitrogens is 2. The predicted octanol–water partition coefficient (Wildman–Crippen LogP) is -0.0792. The van der Waals surface area contributed by atoms with Crippen molar-refractivity contribution in [3.63, 3.8) is 0 Å². The summed E-state index contributed by atoms with van der Waals surface area (Å²) in [4.78, 5) is 50.9. The Labute approximate surface area is 152 Å². The summed E-state index contributed by atoms with van der Waals surface area (Å²) in [6, 6.07) is 0. The number of rotatable bonds is 5. The summed E-state index contributed by atoms with van der Waals surface area (Å²) in [5.74, 6) is -0.367. The number of hydrogen-bond donors (Lipinski definition) is 3. The molecule has 26 heavy (non-hydrogen) atoms. The molecule has 0 aliphatic heterocycles. The maximum Gasteiger partial charge on any atom is 0.328 e. The normalized spacial score (nSPS) is 24.3. The van der Waals surface area contributed by atoms with Gasteiger partial charge in [0, 0.05) is 38.3 Å². The smallest absolute Gasteiger partial charge is 0.328 e. The standard InChI is InChI=1S/C18H28N4O4/c1-17(2)12(13(23)19-4)6-8-18(17,3)15(25)20-9-7-11-10-21-16(26)22(5)14(11)24/h10,12H,6-9H2,1-5H3,(H,19,23)(H,20,25)(H,21,26)/t12-,18+/m0/s1. The molecule has 1 aromatic heterocycles. The molecule has 0 aromatic carbocycles. The molecule has 1 fully saturated rings. The summed E-state index contributed by atoms with van der Waals surface area (Å²) < 4.78 is 1.01. The van der Waals surface area contributed by atoms with Gasteiger partial charge in [-0.3, -0.25) is 19.0 Å². The molecule has 2 atom stereocenters. The Morgan fingerprint density at radius 3 is 2.58 bits per heavy atom. The van der Waals surface area contributed by atoms with E-state index in [2.05, 4.69) is 15.6 Å². The molecule has 8 heteroatoms. The first-order chi connectivity index (χ1) is 12.1. The minimum absolute atomic E-state index is 0.0386. The Bertz CT molecular complexity index is 823. The van der Waals surface area contributed by atoms with Crippen LogP contribution in [0.25, 0.3) is 0 Å². The average Bonchev–Trinajstić information content (AvgIpc) is 2.84. The van der Waals surface area contributed by atoms with Crippen molar-refractivity contribution >= 4 is 11.8 Å². The molecule has 2 rings (SSSR count). The zero-order valence-electron chi connectivity index (χ0n) is 16.1. The average molecular weight is 364 g/mol. The first-order valence-corrected chi connectivity index (χ1v) is 8.83. The van der Waals surface area contributed by atoms with Gasteiger partial charge in [0.25, 0.3) is 5.56 Å². The highest BCUT2D eigenvalue weighted by Crippen LogP contribution is 2.56. The fourth-order valence-corrected chi connectivity index (χ4v) is 3.84. The number of hydrogen-bond acceptors (Lipinski definition) is 4. The Hall–Kier alpha value is -2.38. The fourth-order valence-electron chi connectivity index (χ4n) is 3.84. The molecule has 8 nitrogen and oxygen atoms in total. The lowest BCUT2D eigenvalue weighted by Gasteiger charge is -2.39. The predicted molar refractivity (Wildman–Crippen MR) is 97.7 cm³/mol. The number of aromatic amines is 1. The first-order valence-electron chi connectivity index (χ1n) is 8.83. The van der Waals surface area contributed by atoms with Crippen LogP contribution in [0.3, 0.4) is 0 Å². The first kappa shape index (κ1) is 19.9. The molecule has 0 radical (unpaired) electrons. The molecule has 0 bridgehead atoms. The monoisotopic (exact) mass is 364 g/mol. The number of carbonyl (C=O) groups excluding carboxylic acids is 2. The van der Waals surface area contributed by atoms with Gasteiger partial charge < -0.3 is 15.6 Å². The van der Waals surface area contributed by atoms with Crippen molar-refractivity contribution in [2.24, 2.45) is 23.8 Å². The summed E-state index contributed by atoms with van der Waals surface area (Å²) in [6.07, 6.45) is 3.01. The Morgan fingerprint density at radius 1 is 1.31 bits per heavy atom. The number of nitrogens with zero attached hydrogens (tertiary/aromatic N) is 1. The van der Waals surface area contributed by atoms with E-state index in [0.29, 0.717) is 24.8 Å². The maximum atomic E-state index is 12.9. The van der Waals surface area contributed by atoms with Crippen LogP contribution in [0.2, 0.25) is 0 Å². The van der Waals surface area contributed by atoms with Crippen LogP contribution in [0.15, 0.2) is 15.8 Å². The Kier molecular flexibility index (Phi) is 5.44. The third kappa shape index (κ3) is 3.20. The summed E-state index contributed by atoms with van der Waals surface area (Å²) in [5.41, 5.74) is -1.55. The van der Waals surface area contributed by atoms with Crippen LogP contribution in [-0.4, -0.2) is 35.0 Å². The van der Waals surface area contributed by atoms with E-state index < -0.39 is 16.5 Å². The minimum Gasteiger partial charge on any atom is -0.359 e. The van der Waals surface area contributed by atoms with E-state index in [1.807, 2.05) is 20.8 Å². The SMILES string of the molecule is CNC(=O)[C@@H]1CC[C@](C)(C(=O)NCCc2c[nH]c(=O)n(C)c2=O)C1(C)C. The molecule has 2 amide bonds. The van der Waals surface area contributed by atoms with E-state index in [-0.39, 0.29) is 29.8 Å². The lowest BCUT2D eigenvalue weighted by atomic mass is 9.65. The van der Waals surface area contributed by atoms with Gasteiger partial charge in [0.15, 0.2) is 0 Å². The van der Waals surface area contributed by atoms with Crippen molar-refractivity contribution in [2.45, 2.75) is 40.0 Å². The summed E-state index contributed by atoms with van der Waals surface area (Å²) >= 11 is 0. The molecular formula is C18H28N4O4. The van der Waals surface area contributed by atoms with Gasteiger partial charge in [0.05, 0.1) is 5.41 Å². The van der Waals surface area contributed by atoms with E-state index in [1.54, 1.807) is 7.05 Å². The van der Waals surface area contributed by atoms with Crippen LogP contribution >= 0.6 is 0 Å². The molecule has 0 saturated heterocycles. The van der Waals surface area contributed by atoms with E-state index in [9.17, 15) is 19.2 Å². The van der Waals surface area contributed by atoms with Crippen LogP contribution < -0.4 is 21.9 Å². The Balaban J connectivity index is 2.06. The number of nitrogens with one attached hydrogen (secondary N) is 3. The van der Waals surface area contributed by atoms with Gasteiger partial charge in [-0.2, -0.15) is 0 Å². The molecule has 0 spiro atoms. The van der Waals surface area contributed by atoms with Gasteiger partial charge in [-0.05, 0) is 24.7 Å². The fraction of sp³-hybridized carbons (Fsp3) is 0.667. The molecular weight excluding hydrogens is 336 g/mol. The van der Waals surface area contributed by atoms with Crippen molar-refractivity contribution in [2.75, 3.05) is 13.6 Å². The van der Waals surface area contributed by atoms with Gasteiger partial charge in [-0.15, -0.1) is 0 Å². The van der Waals surface area contributed by atoms with E-state index in [0.717, 1.165) is 4.57 Å². The second-order valence-corrected chi connectivity index (χ2v) is 7.75. The Morgan fingerprint density at radius 2 is 1.96 bits per heavy atom. The molecule has 0 unspecified atom stereocenters. The highest BCUT2D eigenvalue weighted by Gasteiger charge is 2.57.